The summed E-state index contributed by atoms with van der Waals surface area (Å²) in [5, 5.41) is 0. The Hall–Kier alpha value is -2.96. The molecule has 2 fully saturated rings. The summed E-state index contributed by atoms with van der Waals surface area (Å²) in [6.45, 7) is 2.35. The first-order chi connectivity index (χ1) is 14.1. The van der Waals surface area contributed by atoms with Crippen LogP contribution in [0, 0.1) is 5.92 Å². The molecule has 2 unspecified atom stereocenters. The average molecular weight is 398 g/mol. The highest BCUT2D eigenvalue weighted by atomic mass is 16.5. The monoisotopic (exact) mass is 398 g/mol. The van der Waals surface area contributed by atoms with Crippen LogP contribution >= 0.6 is 0 Å². The molecular formula is C22H26N2O5. The summed E-state index contributed by atoms with van der Waals surface area (Å²) in [7, 11) is 3.23. The van der Waals surface area contributed by atoms with E-state index in [4.69, 9.17) is 13.9 Å². The molecule has 2 aromatic rings. The van der Waals surface area contributed by atoms with Gasteiger partial charge in [-0.05, 0) is 43.2 Å². The van der Waals surface area contributed by atoms with Gasteiger partial charge in [0.1, 0.15) is 11.5 Å². The van der Waals surface area contributed by atoms with Crippen LogP contribution in [-0.2, 0) is 4.79 Å². The Bertz CT molecular complexity index is 873. The lowest BCUT2D eigenvalue weighted by Crippen LogP contribution is -2.37. The fourth-order valence-corrected chi connectivity index (χ4v) is 4.39. The van der Waals surface area contributed by atoms with Crippen LogP contribution in [0.1, 0.15) is 34.9 Å². The minimum Gasteiger partial charge on any atom is -0.497 e. The standard InChI is InChI=1S/C22H26N2O5/c1-27-15-7-8-19(28-2)16(12-15)17-13-24(22(26)20-6-5-11-29-20)14-18(17)21(25)23-9-3-4-10-23/h5-8,11-12,17-18H,3-4,9-10,13-14H2,1-2H3. The number of benzene rings is 1. The van der Waals surface area contributed by atoms with Gasteiger partial charge in [0.2, 0.25) is 5.91 Å². The van der Waals surface area contributed by atoms with Gasteiger partial charge in [-0.1, -0.05) is 0 Å². The molecule has 0 saturated carbocycles. The third-order valence-corrected chi connectivity index (χ3v) is 5.91. The molecule has 29 heavy (non-hydrogen) atoms. The van der Waals surface area contributed by atoms with Crippen LogP contribution in [-0.4, -0.2) is 62.0 Å². The normalized spacial score (nSPS) is 21.4. The van der Waals surface area contributed by atoms with Crippen molar-refractivity contribution in [2.24, 2.45) is 5.92 Å². The molecule has 2 aliphatic rings. The maximum absolute atomic E-state index is 13.3. The molecule has 1 aromatic carbocycles. The third kappa shape index (κ3) is 3.69. The van der Waals surface area contributed by atoms with Crippen LogP contribution in [0.15, 0.2) is 41.0 Å². The molecule has 4 rings (SSSR count). The second-order valence-corrected chi connectivity index (χ2v) is 7.54. The number of methoxy groups -OCH3 is 2. The van der Waals surface area contributed by atoms with E-state index in [2.05, 4.69) is 0 Å². The highest BCUT2D eigenvalue weighted by Gasteiger charge is 2.44. The van der Waals surface area contributed by atoms with Gasteiger partial charge in [0.15, 0.2) is 5.76 Å². The van der Waals surface area contributed by atoms with Gasteiger partial charge in [0, 0.05) is 37.7 Å². The number of nitrogens with zero attached hydrogens (tertiary/aromatic N) is 2. The summed E-state index contributed by atoms with van der Waals surface area (Å²) < 4.78 is 16.3. The smallest absolute Gasteiger partial charge is 0.289 e. The lowest BCUT2D eigenvalue weighted by molar-refractivity contribution is -0.134. The Kier molecular flexibility index (Phi) is 5.47. The molecule has 0 bridgehead atoms. The van der Waals surface area contributed by atoms with Crippen molar-refractivity contribution in [1.82, 2.24) is 9.80 Å². The minimum absolute atomic E-state index is 0.104. The Labute approximate surface area is 170 Å². The van der Waals surface area contributed by atoms with Crippen molar-refractivity contribution in [3.05, 3.63) is 47.9 Å². The van der Waals surface area contributed by atoms with Crippen molar-refractivity contribution in [3.8, 4) is 11.5 Å². The van der Waals surface area contributed by atoms with Crippen molar-refractivity contribution in [1.29, 1.82) is 0 Å². The number of amides is 2. The van der Waals surface area contributed by atoms with Gasteiger partial charge in [-0.2, -0.15) is 0 Å². The summed E-state index contributed by atoms with van der Waals surface area (Å²) in [5.41, 5.74) is 0.888. The van der Waals surface area contributed by atoms with Gasteiger partial charge in [0.25, 0.3) is 5.91 Å². The molecule has 2 atom stereocenters. The van der Waals surface area contributed by atoms with Gasteiger partial charge in [-0.25, -0.2) is 0 Å². The van der Waals surface area contributed by atoms with E-state index in [0.717, 1.165) is 31.5 Å². The number of hydrogen-bond donors (Lipinski definition) is 0. The quantitative estimate of drug-likeness (QED) is 0.774. The number of rotatable bonds is 5. The van der Waals surface area contributed by atoms with Crippen molar-refractivity contribution in [2.75, 3.05) is 40.4 Å². The number of ether oxygens (including phenoxy) is 2. The zero-order valence-electron chi connectivity index (χ0n) is 16.8. The number of likely N-dealkylation sites (tertiary alicyclic amines) is 2. The van der Waals surface area contributed by atoms with Crippen LogP contribution in [0.25, 0.3) is 0 Å². The maximum atomic E-state index is 13.3. The first-order valence-electron chi connectivity index (χ1n) is 9.96. The lowest BCUT2D eigenvalue weighted by Gasteiger charge is -2.25. The predicted molar refractivity (Wildman–Crippen MR) is 106 cm³/mol. The zero-order chi connectivity index (χ0) is 20.4. The lowest BCUT2D eigenvalue weighted by atomic mass is 9.87. The van der Waals surface area contributed by atoms with Gasteiger partial charge in [-0.15, -0.1) is 0 Å². The van der Waals surface area contributed by atoms with E-state index in [-0.39, 0.29) is 29.4 Å². The Morgan fingerprint density at radius 2 is 1.83 bits per heavy atom. The predicted octanol–water partition coefficient (Wildman–Crippen LogP) is 2.78. The molecule has 0 N–H and O–H groups in total. The van der Waals surface area contributed by atoms with Gasteiger partial charge in [-0.3, -0.25) is 9.59 Å². The fourth-order valence-electron chi connectivity index (χ4n) is 4.39. The summed E-state index contributed by atoms with van der Waals surface area (Å²) in [4.78, 5) is 29.9. The second kappa shape index (κ2) is 8.19. The minimum atomic E-state index is -0.326. The van der Waals surface area contributed by atoms with E-state index >= 15 is 0 Å². The molecule has 2 saturated heterocycles. The van der Waals surface area contributed by atoms with Crippen LogP contribution in [0.2, 0.25) is 0 Å². The second-order valence-electron chi connectivity index (χ2n) is 7.54. The van der Waals surface area contributed by atoms with Gasteiger partial charge < -0.3 is 23.7 Å². The third-order valence-electron chi connectivity index (χ3n) is 5.91. The molecule has 1 aromatic heterocycles. The molecule has 7 heteroatoms. The SMILES string of the molecule is COc1ccc(OC)c(C2CN(C(=O)c3ccco3)CC2C(=O)N2CCCC2)c1. The average Bonchev–Trinajstić information content (AvgIpc) is 3.53. The fraction of sp³-hybridized carbons (Fsp3) is 0.455. The number of furan rings is 1. The first-order valence-corrected chi connectivity index (χ1v) is 9.96. The van der Waals surface area contributed by atoms with Gasteiger partial charge >= 0.3 is 0 Å². The van der Waals surface area contributed by atoms with Crippen LogP contribution < -0.4 is 9.47 Å². The molecule has 2 aliphatic heterocycles. The molecule has 154 valence electrons. The zero-order valence-corrected chi connectivity index (χ0v) is 16.8. The highest BCUT2D eigenvalue weighted by Crippen LogP contribution is 2.41. The summed E-state index contributed by atoms with van der Waals surface area (Å²) >= 11 is 0. The summed E-state index contributed by atoms with van der Waals surface area (Å²) in [5.74, 6) is 1.09. The van der Waals surface area contributed by atoms with Crippen molar-refractivity contribution < 1.29 is 23.5 Å². The van der Waals surface area contributed by atoms with E-state index in [1.165, 1.54) is 6.26 Å². The van der Waals surface area contributed by atoms with E-state index in [0.29, 0.717) is 24.6 Å². The summed E-state index contributed by atoms with van der Waals surface area (Å²) in [6, 6.07) is 8.94. The summed E-state index contributed by atoms with van der Waals surface area (Å²) in [6.07, 6.45) is 3.54. The topological polar surface area (TPSA) is 72.2 Å². The molecule has 3 heterocycles. The molecule has 2 amide bonds. The largest absolute Gasteiger partial charge is 0.497 e. The molecular weight excluding hydrogens is 372 g/mol. The van der Waals surface area contributed by atoms with Crippen molar-refractivity contribution in [2.45, 2.75) is 18.8 Å². The van der Waals surface area contributed by atoms with Crippen molar-refractivity contribution in [3.63, 3.8) is 0 Å². The first kappa shape index (κ1) is 19.4. The van der Waals surface area contributed by atoms with E-state index < -0.39 is 0 Å². The van der Waals surface area contributed by atoms with Crippen LogP contribution in [0.5, 0.6) is 11.5 Å². The highest BCUT2D eigenvalue weighted by molar-refractivity contribution is 5.93. The van der Waals surface area contributed by atoms with E-state index in [1.54, 1.807) is 31.3 Å². The van der Waals surface area contributed by atoms with Crippen molar-refractivity contribution >= 4 is 11.8 Å². The Morgan fingerprint density at radius 3 is 2.48 bits per heavy atom. The Balaban J connectivity index is 1.68. The van der Waals surface area contributed by atoms with Crippen LogP contribution in [0.3, 0.4) is 0 Å². The Morgan fingerprint density at radius 1 is 1.03 bits per heavy atom. The molecule has 0 radical (unpaired) electrons. The molecule has 7 nitrogen and oxygen atoms in total. The van der Waals surface area contributed by atoms with Gasteiger partial charge in [0.05, 0.1) is 26.4 Å². The number of carbonyl (C=O) groups is 2. The number of carbonyl (C=O) groups excluding carboxylic acids is 2. The van der Waals surface area contributed by atoms with Crippen LogP contribution in [0.4, 0.5) is 0 Å². The van der Waals surface area contributed by atoms with E-state index in [1.807, 2.05) is 23.1 Å². The molecule has 0 aliphatic carbocycles. The molecule has 0 spiro atoms. The van der Waals surface area contributed by atoms with E-state index in [9.17, 15) is 9.59 Å². The maximum Gasteiger partial charge on any atom is 0.289 e. The number of hydrogen-bond acceptors (Lipinski definition) is 5.